The number of hydrogen-bond acceptors (Lipinski definition) is 2. The van der Waals surface area contributed by atoms with Crippen LogP contribution >= 0.6 is 11.6 Å². The van der Waals surface area contributed by atoms with Gasteiger partial charge in [0, 0.05) is 17.6 Å². The molecule has 0 spiro atoms. The summed E-state index contributed by atoms with van der Waals surface area (Å²) in [4.78, 5) is 3.05. The zero-order valence-corrected chi connectivity index (χ0v) is 7.52. The predicted octanol–water partition coefficient (Wildman–Crippen LogP) is 2.77. The van der Waals surface area contributed by atoms with E-state index in [-0.39, 0.29) is 11.4 Å². The fraction of sp³-hybridized carbons (Fsp3) is 0.250. The van der Waals surface area contributed by atoms with Crippen LogP contribution < -0.4 is 0 Å². The quantitative estimate of drug-likeness (QED) is 0.568. The van der Waals surface area contributed by atoms with Gasteiger partial charge in [0.15, 0.2) is 0 Å². The summed E-state index contributed by atoms with van der Waals surface area (Å²) in [6.07, 6.45) is -2.12. The van der Waals surface area contributed by atoms with E-state index in [1.54, 1.807) is 0 Å². The summed E-state index contributed by atoms with van der Waals surface area (Å²) in [6, 6.07) is 1.45. The number of rotatable bonds is 2. The Morgan fingerprint density at radius 2 is 2.21 bits per heavy atom. The van der Waals surface area contributed by atoms with Crippen LogP contribution in [0.4, 0.5) is 13.2 Å². The number of halogens is 4. The van der Waals surface area contributed by atoms with Gasteiger partial charge in [0.25, 0.3) is 6.43 Å². The van der Waals surface area contributed by atoms with Crippen molar-refractivity contribution in [1.29, 1.82) is 5.26 Å². The summed E-state index contributed by atoms with van der Waals surface area (Å²) in [6.45, 7) is 0. The van der Waals surface area contributed by atoms with E-state index in [4.69, 9.17) is 16.9 Å². The van der Waals surface area contributed by atoms with Crippen molar-refractivity contribution < 1.29 is 13.2 Å². The highest BCUT2D eigenvalue weighted by Gasteiger charge is 2.19. The van der Waals surface area contributed by atoms with Crippen LogP contribution in [0.5, 0.6) is 0 Å². The largest absolute Gasteiger partial charge is 0.265 e. The molecule has 0 saturated heterocycles. The second-order valence-corrected chi connectivity index (χ2v) is 2.67. The lowest BCUT2D eigenvalue weighted by molar-refractivity contribution is 0.150. The van der Waals surface area contributed by atoms with E-state index in [2.05, 4.69) is 4.98 Å². The maximum atomic E-state index is 12.8. The number of alkyl halides is 3. The first kappa shape index (κ1) is 10.8. The Bertz CT molecular complexity index is 387. The summed E-state index contributed by atoms with van der Waals surface area (Å²) >= 11 is 5.35. The second-order valence-electron chi connectivity index (χ2n) is 2.40. The maximum Gasteiger partial charge on any atom is 0.265 e. The van der Waals surface area contributed by atoms with E-state index < -0.39 is 23.5 Å². The Morgan fingerprint density at radius 1 is 1.57 bits per heavy atom. The molecule has 0 fully saturated rings. The lowest BCUT2D eigenvalue weighted by atomic mass is 10.1. The molecule has 0 bridgehead atoms. The summed E-state index contributed by atoms with van der Waals surface area (Å²) in [5.41, 5.74) is -1.22. The molecule has 0 atom stereocenters. The van der Waals surface area contributed by atoms with Crippen LogP contribution in [0.3, 0.4) is 0 Å². The minimum Gasteiger partial charge on any atom is -0.227 e. The lowest BCUT2D eigenvalue weighted by Crippen LogP contribution is -2.02. The van der Waals surface area contributed by atoms with Gasteiger partial charge in [0.2, 0.25) is 5.95 Å². The molecule has 0 aliphatic rings. The van der Waals surface area contributed by atoms with Crippen molar-refractivity contribution in [2.75, 3.05) is 0 Å². The van der Waals surface area contributed by atoms with Crippen molar-refractivity contribution in [1.82, 2.24) is 4.98 Å². The first-order valence-corrected chi connectivity index (χ1v) is 4.06. The number of nitrogens with zero attached hydrogens (tertiary/aromatic N) is 2. The van der Waals surface area contributed by atoms with Crippen LogP contribution in [-0.4, -0.2) is 4.98 Å². The van der Waals surface area contributed by atoms with Crippen LogP contribution in [0.25, 0.3) is 0 Å². The Balaban J connectivity index is 3.42. The normalized spacial score (nSPS) is 10.3. The van der Waals surface area contributed by atoms with E-state index >= 15 is 0 Å². The third-order valence-electron chi connectivity index (χ3n) is 1.65. The van der Waals surface area contributed by atoms with Gasteiger partial charge in [0.1, 0.15) is 11.6 Å². The van der Waals surface area contributed by atoms with Gasteiger partial charge in [-0.25, -0.2) is 13.8 Å². The van der Waals surface area contributed by atoms with Crippen molar-refractivity contribution >= 4 is 11.6 Å². The number of pyridine rings is 1. The molecule has 0 unspecified atom stereocenters. The average molecular weight is 221 g/mol. The number of hydrogen-bond donors (Lipinski definition) is 0. The lowest BCUT2D eigenvalue weighted by Gasteiger charge is -2.07. The predicted molar refractivity (Wildman–Crippen MR) is 43.4 cm³/mol. The van der Waals surface area contributed by atoms with Gasteiger partial charge < -0.3 is 0 Å². The Labute approximate surface area is 82.9 Å². The molecular formula is C8H4ClF3N2. The molecule has 6 heteroatoms. The molecule has 2 nitrogen and oxygen atoms in total. The van der Waals surface area contributed by atoms with Crippen molar-refractivity contribution in [2.45, 2.75) is 12.3 Å². The summed E-state index contributed by atoms with van der Waals surface area (Å²) in [7, 11) is 0. The molecule has 1 aromatic heterocycles. The summed E-state index contributed by atoms with van der Waals surface area (Å²) < 4.78 is 37.5. The topological polar surface area (TPSA) is 36.7 Å². The summed E-state index contributed by atoms with van der Waals surface area (Å²) in [5, 5.41) is 8.50. The third-order valence-corrected chi connectivity index (χ3v) is 1.92. The van der Waals surface area contributed by atoms with Gasteiger partial charge in [-0.05, 0) is 5.56 Å². The molecule has 0 N–H and O–H groups in total. The molecule has 0 amide bonds. The Kier molecular flexibility index (Phi) is 3.31. The molecular weight excluding hydrogens is 217 g/mol. The average Bonchev–Trinajstić information content (AvgIpc) is 2.16. The third kappa shape index (κ3) is 1.80. The van der Waals surface area contributed by atoms with Gasteiger partial charge >= 0.3 is 0 Å². The molecule has 1 heterocycles. The van der Waals surface area contributed by atoms with Gasteiger partial charge in [-0.15, -0.1) is 11.6 Å². The van der Waals surface area contributed by atoms with E-state index in [0.29, 0.717) is 6.20 Å². The van der Waals surface area contributed by atoms with Crippen LogP contribution in [0.15, 0.2) is 6.20 Å². The summed E-state index contributed by atoms with van der Waals surface area (Å²) in [5.74, 6) is -1.42. The zero-order valence-electron chi connectivity index (χ0n) is 6.77. The van der Waals surface area contributed by atoms with E-state index in [1.807, 2.05) is 0 Å². The zero-order chi connectivity index (χ0) is 10.7. The van der Waals surface area contributed by atoms with Crippen molar-refractivity contribution in [3.63, 3.8) is 0 Å². The smallest absolute Gasteiger partial charge is 0.227 e. The van der Waals surface area contributed by atoms with Crippen LogP contribution in [0.2, 0.25) is 0 Å². The van der Waals surface area contributed by atoms with E-state index in [9.17, 15) is 13.2 Å². The Morgan fingerprint density at radius 3 is 2.64 bits per heavy atom. The first-order valence-electron chi connectivity index (χ1n) is 3.53. The minimum absolute atomic E-state index is 0.198. The monoisotopic (exact) mass is 220 g/mol. The first-order chi connectivity index (χ1) is 6.61. The van der Waals surface area contributed by atoms with Gasteiger partial charge in [0.05, 0.1) is 0 Å². The van der Waals surface area contributed by atoms with E-state index in [1.165, 1.54) is 6.07 Å². The molecule has 14 heavy (non-hydrogen) atoms. The molecule has 0 aliphatic heterocycles. The number of aromatic nitrogens is 1. The van der Waals surface area contributed by atoms with Crippen molar-refractivity contribution in [2.24, 2.45) is 0 Å². The second kappa shape index (κ2) is 4.29. The van der Waals surface area contributed by atoms with Crippen LogP contribution in [-0.2, 0) is 5.88 Å². The molecule has 0 aromatic carbocycles. The number of nitriles is 1. The SMILES string of the molecule is N#Cc1c(F)ncc(C(F)F)c1CCl. The molecule has 0 radical (unpaired) electrons. The molecule has 1 rings (SSSR count). The maximum absolute atomic E-state index is 12.8. The molecule has 0 saturated carbocycles. The standard InChI is InChI=1S/C8H4ClF3N2/c9-1-4-5(2-13)8(12)14-3-6(4)7(10)11/h3,7H,1H2. The fourth-order valence-corrected chi connectivity index (χ4v) is 1.27. The van der Waals surface area contributed by atoms with Crippen LogP contribution in [0, 0.1) is 17.3 Å². The van der Waals surface area contributed by atoms with E-state index in [0.717, 1.165) is 0 Å². The van der Waals surface area contributed by atoms with Crippen molar-refractivity contribution in [3.8, 4) is 6.07 Å². The molecule has 1 aromatic rings. The van der Waals surface area contributed by atoms with Crippen molar-refractivity contribution in [3.05, 3.63) is 28.8 Å². The highest BCUT2D eigenvalue weighted by Crippen LogP contribution is 2.26. The fourth-order valence-electron chi connectivity index (χ4n) is 0.983. The minimum atomic E-state index is -2.82. The highest BCUT2D eigenvalue weighted by molar-refractivity contribution is 6.17. The molecule has 0 aliphatic carbocycles. The van der Waals surface area contributed by atoms with Gasteiger partial charge in [-0.3, -0.25) is 0 Å². The van der Waals surface area contributed by atoms with Crippen LogP contribution in [0.1, 0.15) is 23.1 Å². The van der Waals surface area contributed by atoms with Gasteiger partial charge in [-0.2, -0.15) is 9.65 Å². The Hall–Kier alpha value is -1.28. The highest BCUT2D eigenvalue weighted by atomic mass is 35.5. The molecule has 74 valence electrons. The van der Waals surface area contributed by atoms with Gasteiger partial charge in [-0.1, -0.05) is 0 Å².